The van der Waals surface area contributed by atoms with Gasteiger partial charge in [-0.1, -0.05) is 55.3 Å². The molecule has 0 aliphatic carbocycles. The molecule has 2 unspecified atom stereocenters. The Morgan fingerprint density at radius 3 is 2.37 bits per heavy atom. The number of nitrogens with zero attached hydrogens (tertiary/aromatic N) is 2. The summed E-state index contributed by atoms with van der Waals surface area (Å²) in [5.74, 6) is 0.0412. The highest BCUT2D eigenvalue weighted by Gasteiger charge is 2.29. The van der Waals surface area contributed by atoms with E-state index in [-0.39, 0.29) is 48.8 Å². The van der Waals surface area contributed by atoms with Crippen LogP contribution in [0.4, 0.5) is 5.69 Å². The van der Waals surface area contributed by atoms with Crippen LogP contribution in [0.3, 0.4) is 0 Å². The van der Waals surface area contributed by atoms with Gasteiger partial charge in [-0.05, 0) is 56.9 Å². The molecule has 2 rings (SSSR count). The molecule has 2 atom stereocenters. The monoisotopic (exact) mass is 565 g/mol. The number of carbonyl (C=O) groups excluding carboxylic acids is 2. The molecule has 38 heavy (non-hydrogen) atoms. The Labute approximate surface area is 232 Å². The molecule has 2 aromatic carbocycles. The third-order valence-corrected chi connectivity index (χ3v) is 7.89. The van der Waals surface area contributed by atoms with Crippen molar-refractivity contribution in [2.45, 2.75) is 72.0 Å². The zero-order chi connectivity index (χ0) is 28.5. The first-order valence-electron chi connectivity index (χ1n) is 12.9. The lowest BCUT2D eigenvalue weighted by Crippen LogP contribution is -2.50. The molecule has 0 radical (unpaired) electrons. The lowest BCUT2D eigenvalue weighted by atomic mass is 10.1. The van der Waals surface area contributed by atoms with Gasteiger partial charge in [-0.2, -0.15) is 0 Å². The van der Waals surface area contributed by atoms with E-state index in [4.69, 9.17) is 16.3 Å². The average molecular weight is 566 g/mol. The van der Waals surface area contributed by atoms with E-state index in [2.05, 4.69) is 5.32 Å². The predicted octanol–water partition coefficient (Wildman–Crippen LogP) is 4.93. The molecule has 10 heteroatoms. The van der Waals surface area contributed by atoms with Gasteiger partial charge in [0.2, 0.25) is 21.8 Å². The predicted molar refractivity (Wildman–Crippen MR) is 153 cm³/mol. The molecule has 0 fully saturated rings. The summed E-state index contributed by atoms with van der Waals surface area (Å²) in [5.41, 5.74) is 2.38. The van der Waals surface area contributed by atoms with Crippen LogP contribution in [0.5, 0.6) is 5.75 Å². The molecule has 2 amide bonds. The normalized spacial score (nSPS) is 12.9. The number of hydrogen-bond donors (Lipinski definition) is 1. The zero-order valence-electron chi connectivity index (χ0n) is 23.2. The number of anilines is 1. The topological polar surface area (TPSA) is 96.0 Å². The number of sulfonamides is 1. The maximum atomic E-state index is 13.5. The summed E-state index contributed by atoms with van der Waals surface area (Å²) < 4.78 is 31.5. The Morgan fingerprint density at radius 1 is 1.11 bits per heavy atom. The molecule has 210 valence electrons. The van der Waals surface area contributed by atoms with Gasteiger partial charge >= 0.3 is 0 Å². The molecule has 0 saturated heterocycles. The number of hydrogen-bond acceptors (Lipinski definition) is 5. The fraction of sp³-hybridized carbons (Fsp3) is 0.500. The van der Waals surface area contributed by atoms with Crippen LogP contribution in [0.1, 0.15) is 57.6 Å². The van der Waals surface area contributed by atoms with Gasteiger partial charge in [0.25, 0.3) is 0 Å². The molecule has 0 bridgehead atoms. The van der Waals surface area contributed by atoms with Crippen molar-refractivity contribution in [3.8, 4) is 5.75 Å². The van der Waals surface area contributed by atoms with Gasteiger partial charge < -0.3 is 15.0 Å². The van der Waals surface area contributed by atoms with E-state index < -0.39 is 16.1 Å². The van der Waals surface area contributed by atoms with Crippen LogP contribution in [0, 0.1) is 6.92 Å². The fourth-order valence-corrected chi connectivity index (χ4v) is 5.39. The van der Waals surface area contributed by atoms with E-state index in [0.29, 0.717) is 17.9 Å². The average Bonchev–Trinajstić information content (AvgIpc) is 2.85. The molecule has 2 aromatic rings. The molecule has 0 spiro atoms. The summed E-state index contributed by atoms with van der Waals surface area (Å²) in [5, 5.41) is 3.29. The SMILES string of the molecule is CCC(C)NC(=O)C(CC)N(Cc1cccc(C)c1)C(=O)CCCN(c1ccc(OC)c(Cl)c1)S(C)(=O)=O. The summed E-state index contributed by atoms with van der Waals surface area (Å²) >= 11 is 6.22. The largest absolute Gasteiger partial charge is 0.495 e. The summed E-state index contributed by atoms with van der Waals surface area (Å²) in [4.78, 5) is 28.3. The molecule has 0 saturated carbocycles. The van der Waals surface area contributed by atoms with Crippen molar-refractivity contribution in [2.75, 3.05) is 24.2 Å². The van der Waals surface area contributed by atoms with Crippen LogP contribution in [0.2, 0.25) is 5.02 Å². The minimum atomic E-state index is -3.63. The van der Waals surface area contributed by atoms with Crippen LogP contribution in [-0.2, 0) is 26.2 Å². The Bertz CT molecular complexity index is 1200. The van der Waals surface area contributed by atoms with E-state index in [0.717, 1.165) is 23.8 Å². The van der Waals surface area contributed by atoms with Crippen molar-refractivity contribution in [3.63, 3.8) is 0 Å². The zero-order valence-corrected chi connectivity index (χ0v) is 24.7. The Hall–Kier alpha value is -2.78. The molecular weight excluding hydrogens is 526 g/mol. The summed E-state index contributed by atoms with van der Waals surface area (Å²) in [6.07, 6.45) is 2.70. The molecule has 0 heterocycles. The van der Waals surface area contributed by atoms with Crippen molar-refractivity contribution in [2.24, 2.45) is 0 Å². The molecule has 1 N–H and O–H groups in total. The second-order valence-corrected chi connectivity index (χ2v) is 11.8. The Balaban J connectivity index is 2.25. The van der Waals surface area contributed by atoms with Crippen molar-refractivity contribution >= 4 is 39.1 Å². The molecule has 0 aliphatic rings. The van der Waals surface area contributed by atoms with Crippen LogP contribution >= 0.6 is 11.6 Å². The molecular formula is C28H40ClN3O5S. The van der Waals surface area contributed by atoms with Crippen molar-refractivity contribution in [1.29, 1.82) is 0 Å². The van der Waals surface area contributed by atoms with E-state index in [1.54, 1.807) is 17.0 Å². The van der Waals surface area contributed by atoms with E-state index in [1.807, 2.05) is 52.0 Å². The van der Waals surface area contributed by atoms with E-state index in [1.165, 1.54) is 17.5 Å². The van der Waals surface area contributed by atoms with Crippen LogP contribution in [0.25, 0.3) is 0 Å². The van der Waals surface area contributed by atoms with Gasteiger partial charge in [0.05, 0.1) is 24.1 Å². The van der Waals surface area contributed by atoms with Crippen LogP contribution in [-0.4, -0.2) is 57.1 Å². The van der Waals surface area contributed by atoms with Crippen molar-refractivity contribution < 1.29 is 22.7 Å². The highest BCUT2D eigenvalue weighted by molar-refractivity contribution is 7.92. The molecule has 0 aliphatic heterocycles. The van der Waals surface area contributed by atoms with Gasteiger partial charge in [0.1, 0.15) is 11.8 Å². The Morgan fingerprint density at radius 2 is 1.82 bits per heavy atom. The third-order valence-electron chi connectivity index (χ3n) is 6.40. The van der Waals surface area contributed by atoms with Gasteiger partial charge in [0.15, 0.2) is 0 Å². The second-order valence-electron chi connectivity index (χ2n) is 9.51. The van der Waals surface area contributed by atoms with E-state index in [9.17, 15) is 18.0 Å². The minimum absolute atomic E-state index is 0.00730. The first kappa shape index (κ1) is 31.4. The molecule has 0 aromatic heterocycles. The third kappa shape index (κ3) is 8.91. The Kier molecular flexibility index (Phi) is 11.9. The number of aryl methyl sites for hydroxylation is 1. The fourth-order valence-electron chi connectivity index (χ4n) is 4.18. The number of rotatable bonds is 14. The van der Waals surface area contributed by atoms with Crippen molar-refractivity contribution in [3.05, 3.63) is 58.6 Å². The number of methoxy groups -OCH3 is 1. The number of ether oxygens (including phenoxy) is 1. The number of nitrogens with one attached hydrogen (secondary N) is 1. The number of benzene rings is 2. The quantitative estimate of drug-likeness (QED) is 0.350. The second kappa shape index (κ2) is 14.4. The van der Waals surface area contributed by atoms with Crippen LogP contribution < -0.4 is 14.4 Å². The van der Waals surface area contributed by atoms with Gasteiger partial charge in [0, 0.05) is 25.6 Å². The van der Waals surface area contributed by atoms with Gasteiger partial charge in [-0.3, -0.25) is 13.9 Å². The maximum absolute atomic E-state index is 13.5. The minimum Gasteiger partial charge on any atom is -0.495 e. The number of halogens is 1. The highest BCUT2D eigenvalue weighted by Crippen LogP contribution is 2.30. The smallest absolute Gasteiger partial charge is 0.243 e. The standard InChI is InChI=1S/C28H40ClN3O5S/c1-7-21(4)30-28(34)25(8-2)31(19-22-12-9-11-20(3)17-22)27(33)13-10-16-32(38(6,35)36)23-14-15-26(37-5)24(29)18-23/h9,11-12,14-15,17-18,21,25H,7-8,10,13,16,19H2,1-6H3,(H,30,34). The van der Waals surface area contributed by atoms with Crippen LogP contribution in [0.15, 0.2) is 42.5 Å². The summed E-state index contributed by atoms with van der Waals surface area (Å²) in [6, 6.07) is 11.9. The maximum Gasteiger partial charge on any atom is 0.243 e. The first-order chi connectivity index (χ1) is 17.9. The highest BCUT2D eigenvalue weighted by atomic mass is 35.5. The van der Waals surface area contributed by atoms with Crippen molar-refractivity contribution in [1.82, 2.24) is 10.2 Å². The number of amides is 2. The number of carbonyl (C=O) groups is 2. The van der Waals surface area contributed by atoms with Gasteiger partial charge in [-0.15, -0.1) is 0 Å². The lowest BCUT2D eigenvalue weighted by Gasteiger charge is -2.32. The van der Waals surface area contributed by atoms with Gasteiger partial charge in [-0.25, -0.2) is 8.42 Å². The molecule has 8 nitrogen and oxygen atoms in total. The van der Waals surface area contributed by atoms with E-state index >= 15 is 0 Å². The summed E-state index contributed by atoms with van der Waals surface area (Å²) in [7, 11) is -2.15. The summed E-state index contributed by atoms with van der Waals surface area (Å²) in [6.45, 7) is 8.16. The first-order valence-corrected chi connectivity index (χ1v) is 15.1. The lowest BCUT2D eigenvalue weighted by molar-refractivity contribution is -0.141.